The SMILES string of the molecule is COC(=O)N[C@@H](CC/C=C/C(=O)N1CCCC1)C(=O)Nc1cccn(Cc2cc3cccc(CC(C)C)c3[nH]2)c1=O. The molecule has 3 aromatic rings. The predicted octanol–water partition coefficient (Wildman–Crippen LogP) is 4.20. The smallest absolute Gasteiger partial charge is 0.407 e. The Morgan fingerprint density at radius 1 is 1.12 bits per heavy atom. The highest BCUT2D eigenvalue weighted by Gasteiger charge is 2.22. The lowest BCUT2D eigenvalue weighted by Gasteiger charge is -2.17. The summed E-state index contributed by atoms with van der Waals surface area (Å²) in [5, 5.41) is 6.27. The molecule has 0 saturated carbocycles. The summed E-state index contributed by atoms with van der Waals surface area (Å²) in [7, 11) is 1.21. The first-order valence-corrected chi connectivity index (χ1v) is 14.1. The monoisotopic (exact) mass is 561 g/mol. The summed E-state index contributed by atoms with van der Waals surface area (Å²) in [4.78, 5) is 55.8. The molecule has 0 radical (unpaired) electrons. The average molecular weight is 562 g/mol. The second kappa shape index (κ2) is 13.8. The van der Waals surface area contributed by atoms with E-state index in [9.17, 15) is 19.2 Å². The molecule has 0 bridgehead atoms. The number of ether oxygens (including phenoxy) is 1. The number of aromatic nitrogens is 2. The topological polar surface area (TPSA) is 126 Å². The number of aromatic amines is 1. The summed E-state index contributed by atoms with van der Waals surface area (Å²) in [6, 6.07) is 10.5. The fraction of sp³-hybridized carbons (Fsp3) is 0.419. The molecule has 1 aromatic carbocycles. The number of benzene rings is 1. The number of carbonyl (C=O) groups is 3. The molecule has 0 unspecified atom stereocenters. The Bertz CT molecular complexity index is 1470. The van der Waals surface area contributed by atoms with Crippen molar-refractivity contribution in [3.8, 4) is 0 Å². The van der Waals surface area contributed by atoms with E-state index in [2.05, 4.69) is 40.3 Å². The number of allylic oxidation sites excluding steroid dienone is 1. The third-order valence-electron chi connectivity index (χ3n) is 7.14. The summed E-state index contributed by atoms with van der Waals surface area (Å²) in [6.07, 6.45) is 7.67. The molecule has 1 aliphatic rings. The molecule has 4 rings (SSSR count). The highest BCUT2D eigenvalue weighted by Crippen LogP contribution is 2.22. The van der Waals surface area contributed by atoms with Gasteiger partial charge < -0.3 is 29.8 Å². The summed E-state index contributed by atoms with van der Waals surface area (Å²) in [6.45, 7) is 6.18. The lowest BCUT2D eigenvalue weighted by molar-refractivity contribution is -0.125. The van der Waals surface area contributed by atoms with Crippen LogP contribution in [-0.2, 0) is 27.3 Å². The van der Waals surface area contributed by atoms with Crippen LogP contribution in [0.4, 0.5) is 10.5 Å². The number of alkyl carbamates (subject to hydrolysis) is 1. The first-order chi connectivity index (χ1) is 19.7. The Morgan fingerprint density at radius 2 is 1.90 bits per heavy atom. The van der Waals surface area contributed by atoms with Crippen molar-refractivity contribution in [3.63, 3.8) is 0 Å². The number of likely N-dealkylation sites (tertiary alicyclic amines) is 1. The third kappa shape index (κ3) is 7.87. The Morgan fingerprint density at radius 3 is 2.63 bits per heavy atom. The lowest BCUT2D eigenvalue weighted by atomic mass is 10.0. The number of anilines is 1. The summed E-state index contributed by atoms with van der Waals surface area (Å²) >= 11 is 0. The molecule has 3 amide bonds. The van der Waals surface area contributed by atoms with Gasteiger partial charge in [0.1, 0.15) is 11.7 Å². The zero-order chi connectivity index (χ0) is 29.4. The first-order valence-electron chi connectivity index (χ1n) is 14.1. The van der Waals surface area contributed by atoms with Gasteiger partial charge in [-0.2, -0.15) is 0 Å². The maximum absolute atomic E-state index is 13.3. The molecule has 1 saturated heterocycles. The van der Waals surface area contributed by atoms with Gasteiger partial charge >= 0.3 is 6.09 Å². The molecular formula is C31H39N5O5. The van der Waals surface area contributed by atoms with E-state index in [1.807, 2.05) is 18.2 Å². The van der Waals surface area contributed by atoms with Gasteiger partial charge in [0.05, 0.1) is 13.7 Å². The minimum atomic E-state index is -0.963. The molecule has 3 N–H and O–H groups in total. The van der Waals surface area contributed by atoms with E-state index < -0.39 is 18.0 Å². The normalized spacial score (nSPS) is 14.1. The number of H-pyrrole nitrogens is 1. The average Bonchev–Trinajstić information content (AvgIpc) is 3.63. The first kappa shape index (κ1) is 29.6. The number of hydrogen-bond donors (Lipinski definition) is 3. The Hall–Kier alpha value is -4.34. The van der Waals surface area contributed by atoms with Gasteiger partial charge in [-0.15, -0.1) is 0 Å². The Kier molecular flexibility index (Phi) is 10.00. The minimum Gasteiger partial charge on any atom is -0.453 e. The van der Waals surface area contributed by atoms with Gasteiger partial charge in [0, 0.05) is 30.5 Å². The molecule has 41 heavy (non-hydrogen) atoms. The van der Waals surface area contributed by atoms with Crippen LogP contribution in [-0.4, -0.2) is 58.6 Å². The van der Waals surface area contributed by atoms with Crippen molar-refractivity contribution >= 4 is 34.5 Å². The molecule has 1 fully saturated rings. The number of fused-ring (bicyclic) bond motifs is 1. The highest BCUT2D eigenvalue weighted by molar-refractivity contribution is 5.96. The Balaban J connectivity index is 1.44. The zero-order valence-electron chi connectivity index (χ0n) is 23.9. The molecule has 3 heterocycles. The van der Waals surface area contributed by atoms with Crippen LogP contribution in [0.25, 0.3) is 10.9 Å². The van der Waals surface area contributed by atoms with Gasteiger partial charge in [-0.3, -0.25) is 14.4 Å². The van der Waals surface area contributed by atoms with E-state index >= 15 is 0 Å². The predicted molar refractivity (Wildman–Crippen MR) is 159 cm³/mol. The fourth-order valence-electron chi connectivity index (χ4n) is 5.09. The number of methoxy groups -OCH3 is 1. The quantitative estimate of drug-likeness (QED) is 0.303. The maximum atomic E-state index is 13.3. The number of rotatable bonds is 11. The molecule has 10 heteroatoms. The van der Waals surface area contributed by atoms with Crippen LogP contribution in [0.15, 0.2) is 59.5 Å². The number of amides is 3. The van der Waals surface area contributed by atoms with Crippen LogP contribution in [0.3, 0.4) is 0 Å². The van der Waals surface area contributed by atoms with Crippen LogP contribution >= 0.6 is 0 Å². The van der Waals surface area contributed by atoms with Gasteiger partial charge in [-0.05, 0) is 73.2 Å². The van der Waals surface area contributed by atoms with E-state index in [-0.39, 0.29) is 23.6 Å². The number of para-hydroxylation sites is 1. The molecule has 1 aliphatic heterocycles. The van der Waals surface area contributed by atoms with E-state index in [1.54, 1.807) is 23.2 Å². The summed E-state index contributed by atoms with van der Waals surface area (Å²) < 4.78 is 6.20. The summed E-state index contributed by atoms with van der Waals surface area (Å²) in [5.74, 6) is -0.0879. The van der Waals surface area contributed by atoms with Gasteiger partial charge in [-0.25, -0.2) is 4.79 Å². The van der Waals surface area contributed by atoms with Gasteiger partial charge in [-0.1, -0.05) is 38.1 Å². The molecule has 0 spiro atoms. The van der Waals surface area contributed by atoms with Crippen LogP contribution < -0.4 is 16.2 Å². The van der Waals surface area contributed by atoms with Crippen molar-refractivity contribution in [1.29, 1.82) is 0 Å². The summed E-state index contributed by atoms with van der Waals surface area (Å²) in [5.41, 5.74) is 2.92. The van der Waals surface area contributed by atoms with E-state index in [0.717, 1.165) is 48.9 Å². The van der Waals surface area contributed by atoms with Gasteiger partial charge in [0.15, 0.2) is 0 Å². The van der Waals surface area contributed by atoms with Crippen molar-refractivity contribution in [2.45, 2.75) is 58.5 Å². The van der Waals surface area contributed by atoms with Gasteiger partial charge in [0.25, 0.3) is 5.56 Å². The van der Waals surface area contributed by atoms with Crippen molar-refractivity contribution < 1.29 is 19.1 Å². The molecule has 218 valence electrons. The van der Waals surface area contributed by atoms with E-state index in [1.165, 1.54) is 29.4 Å². The van der Waals surface area contributed by atoms with E-state index in [0.29, 0.717) is 18.9 Å². The van der Waals surface area contributed by atoms with Gasteiger partial charge in [0.2, 0.25) is 11.8 Å². The number of nitrogens with one attached hydrogen (secondary N) is 3. The highest BCUT2D eigenvalue weighted by atomic mass is 16.5. The molecule has 0 aliphatic carbocycles. The van der Waals surface area contributed by atoms with Crippen molar-refractivity contribution in [2.75, 3.05) is 25.5 Å². The van der Waals surface area contributed by atoms with Crippen LogP contribution in [0.5, 0.6) is 0 Å². The van der Waals surface area contributed by atoms with Crippen LogP contribution in [0.1, 0.15) is 50.8 Å². The second-order valence-electron chi connectivity index (χ2n) is 10.8. The third-order valence-corrected chi connectivity index (χ3v) is 7.14. The van der Waals surface area contributed by atoms with Crippen LogP contribution in [0, 0.1) is 5.92 Å². The number of hydrogen-bond acceptors (Lipinski definition) is 5. The molecule has 2 aromatic heterocycles. The number of nitrogens with zero attached hydrogens (tertiary/aromatic N) is 2. The minimum absolute atomic E-state index is 0.0552. The number of pyridine rings is 1. The van der Waals surface area contributed by atoms with E-state index in [4.69, 9.17) is 0 Å². The fourth-order valence-corrected chi connectivity index (χ4v) is 5.09. The lowest BCUT2D eigenvalue weighted by Crippen LogP contribution is -2.44. The standard InChI is InChI=1S/C31H39N5O5/c1-21(2)18-22-10-8-11-23-19-24(32-28(22)23)20-36-17-9-13-26(30(36)39)33-29(38)25(34-31(40)41-3)12-4-5-14-27(37)35-15-6-7-16-35/h5,8-11,13-14,17,19,21,25,32H,4,6-7,12,15-16,18,20H2,1-3H3,(H,33,38)(H,34,40)/b14-5+/t25-/m0/s1. The largest absolute Gasteiger partial charge is 0.453 e. The Labute approximate surface area is 239 Å². The van der Waals surface area contributed by atoms with Crippen molar-refractivity contribution in [3.05, 3.63) is 76.4 Å². The molecule has 10 nitrogen and oxygen atoms in total. The zero-order valence-corrected chi connectivity index (χ0v) is 23.9. The van der Waals surface area contributed by atoms with Crippen molar-refractivity contribution in [1.82, 2.24) is 19.8 Å². The second-order valence-corrected chi connectivity index (χ2v) is 10.8. The number of carbonyl (C=O) groups excluding carboxylic acids is 3. The maximum Gasteiger partial charge on any atom is 0.407 e. The molecule has 1 atom stereocenters. The molecular weight excluding hydrogens is 522 g/mol. The van der Waals surface area contributed by atoms with Crippen molar-refractivity contribution in [2.24, 2.45) is 5.92 Å². The van der Waals surface area contributed by atoms with Crippen LogP contribution in [0.2, 0.25) is 0 Å².